The van der Waals surface area contributed by atoms with Gasteiger partial charge in [-0.2, -0.15) is 0 Å². The van der Waals surface area contributed by atoms with Gasteiger partial charge in [-0.05, 0) is 12.8 Å². The van der Waals surface area contributed by atoms with Crippen molar-refractivity contribution < 1.29 is 9.90 Å². The quantitative estimate of drug-likeness (QED) is 0.733. The second-order valence-corrected chi connectivity index (χ2v) is 4.25. The van der Waals surface area contributed by atoms with Crippen molar-refractivity contribution in [3.05, 3.63) is 18.0 Å². The van der Waals surface area contributed by atoms with Crippen LogP contribution in [0.3, 0.4) is 0 Å². The third-order valence-corrected chi connectivity index (χ3v) is 2.54. The van der Waals surface area contributed by atoms with E-state index >= 15 is 0 Å². The number of carbonyl (C=O) groups excluding carboxylic acids is 1. The summed E-state index contributed by atoms with van der Waals surface area (Å²) in [5, 5.41) is 11.8. The second kappa shape index (κ2) is 5.09. The highest BCUT2D eigenvalue weighted by molar-refractivity contribution is 5.81. The first-order chi connectivity index (χ1) is 8.19. The summed E-state index contributed by atoms with van der Waals surface area (Å²) in [6.45, 7) is 0.168. The summed E-state index contributed by atoms with van der Waals surface area (Å²) in [5.74, 6) is 0.470. The van der Waals surface area contributed by atoms with E-state index in [0.29, 0.717) is 17.6 Å². The predicted octanol–water partition coefficient (Wildman–Crippen LogP) is -0.316. The third-order valence-electron chi connectivity index (χ3n) is 2.54. The number of hydrogen-bond acceptors (Lipinski definition) is 5. The lowest BCUT2D eigenvalue weighted by Crippen LogP contribution is -2.36. The van der Waals surface area contributed by atoms with Crippen LogP contribution in [0.25, 0.3) is 0 Å². The average Bonchev–Trinajstić information content (AvgIpc) is 3.12. The van der Waals surface area contributed by atoms with Crippen molar-refractivity contribution in [2.75, 3.05) is 18.5 Å². The molecule has 0 unspecified atom stereocenters. The van der Waals surface area contributed by atoms with Crippen molar-refractivity contribution in [2.24, 2.45) is 0 Å². The molecular formula is C11H16N4O2. The van der Waals surface area contributed by atoms with Gasteiger partial charge in [0, 0.05) is 31.0 Å². The van der Waals surface area contributed by atoms with Crippen molar-refractivity contribution in [1.29, 1.82) is 0 Å². The number of nitrogens with one attached hydrogen (secondary N) is 1. The Morgan fingerprint density at radius 3 is 2.71 bits per heavy atom. The molecule has 0 aliphatic heterocycles. The minimum absolute atomic E-state index is 0.00941. The Labute approximate surface area is 99.7 Å². The van der Waals surface area contributed by atoms with Crippen LogP contribution in [0, 0.1) is 0 Å². The lowest BCUT2D eigenvalue weighted by molar-refractivity contribution is -0.119. The van der Waals surface area contributed by atoms with Gasteiger partial charge in [-0.3, -0.25) is 4.79 Å². The van der Waals surface area contributed by atoms with E-state index in [2.05, 4.69) is 15.3 Å². The molecule has 0 bridgehead atoms. The molecule has 2 N–H and O–H groups in total. The van der Waals surface area contributed by atoms with Gasteiger partial charge in [0.25, 0.3) is 0 Å². The standard InChI is InChI=1S/C11H16N4O2/c1-15(6-10(17)14-9-2-3-9)11-12-4-8(7-16)5-13-11/h4-5,9,16H,2-3,6-7H2,1H3,(H,14,17). The molecular weight excluding hydrogens is 220 g/mol. The van der Waals surface area contributed by atoms with Crippen molar-refractivity contribution in [1.82, 2.24) is 15.3 Å². The lowest BCUT2D eigenvalue weighted by atomic mass is 10.4. The third kappa shape index (κ3) is 3.39. The zero-order valence-electron chi connectivity index (χ0n) is 9.76. The molecule has 1 saturated carbocycles. The Hall–Kier alpha value is -1.69. The molecule has 17 heavy (non-hydrogen) atoms. The first kappa shape index (κ1) is 11.8. The summed E-state index contributed by atoms with van der Waals surface area (Å²) in [6, 6.07) is 0.369. The number of amides is 1. The molecule has 1 amide bonds. The van der Waals surface area contributed by atoms with Crippen LogP contribution in [-0.4, -0.2) is 40.6 Å². The Balaban J connectivity index is 1.88. The molecule has 1 aromatic heterocycles. The molecule has 0 spiro atoms. The number of nitrogens with zero attached hydrogens (tertiary/aromatic N) is 3. The monoisotopic (exact) mass is 236 g/mol. The summed E-state index contributed by atoms with van der Waals surface area (Å²) >= 11 is 0. The van der Waals surface area contributed by atoms with E-state index < -0.39 is 0 Å². The van der Waals surface area contributed by atoms with Gasteiger partial charge in [0.05, 0.1) is 13.2 Å². The second-order valence-electron chi connectivity index (χ2n) is 4.25. The van der Waals surface area contributed by atoms with Crippen LogP contribution in [-0.2, 0) is 11.4 Å². The highest BCUT2D eigenvalue weighted by Crippen LogP contribution is 2.18. The van der Waals surface area contributed by atoms with Crippen LogP contribution in [0.4, 0.5) is 5.95 Å². The molecule has 0 atom stereocenters. The first-order valence-electron chi connectivity index (χ1n) is 5.61. The topological polar surface area (TPSA) is 78.4 Å². The molecule has 2 rings (SSSR count). The minimum atomic E-state index is -0.0772. The normalized spacial score (nSPS) is 14.5. The highest BCUT2D eigenvalue weighted by Gasteiger charge is 2.23. The summed E-state index contributed by atoms with van der Waals surface area (Å²) in [7, 11) is 1.76. The van der Waals surface area contributed by atoms with E-state index in [9.17, 15) is 4.79 Å². The minimum Gasteiger partial charge on any atom is -0.392 e. The van der Waals surface area contributed by atoms with Crippen molar-refractivity contribution in [2.45, 2.75) is 25.5 Å². The maximum Gasteiger partial charge on any atom is 0.239 e. The first-order valence-corrected chi connectivity index (χ1v) is 5.61. The molecule has 0 aromatic carbocycles. The molecule has 92 valence electrons. The van der Waals surface area contributed by atoms with Gasteiger partial charge in [-0.15, -0.1) is 0 Å². The van der Waals surface area contributed by atoms with Crippen LogP contribution in [0.5, 0.6) is 0 Å². The van der Waals surface area contributed by atoms with E-state index in [4.69, 9.17) is 5.11 Å². The summed E-state index contributed by atoms with van der Waals surface area (Å²) in [5.41, 5.74) is 0.657. The van der Waals surface area contributed by atoms with Crippen LogP contribution in [0.2, 0.25) is 0 Å². The maximum absolute atomic E-state index is 11.6. The number of aliphatic hydroxyl groups is 1. The fourth-order valence-electron chi connectivity index (χ4n) is 1.41. The Morgan fingerprint density at radius 1 is 1.53 bits per heavy atom. The molecule has 6 nitrogen and oxygen atoms in total. The number of carbonyl (C=O) groups is 1. The van der Waals surface area contributed by atoms with Gasteiger partial charge in [0.1, 0.15) is 0 Å². The molecule has 0 saturated heterocycles. The smallest absolute Gasteiger partial charge is 0.239 e. The number of hydrogen-bond donors (Lipinski definition) is 2. The molecule has 1 aliphatic carbocycles. The molecule has 6 heteroatoms. The fraction of sp³-hybridized carbons (Fsp3) is 0.545. The number of likely N-dealkylation sites (N-methyl/N-ethyl adjacent to an activating group) is 1. The van der Waals surface area contributed by atoms with Crippen LogP contribution >= 0.6 is 0 Å². The van der Waals surface area contributed by atoms with Crippen LogP contribution < -0.4 is 10.2 Å². The average molecular weight is 236 g/mol. The number of aliphatic hydroxyl groups excluding tert-OH is 1. The van der Waals surface area contributed by atoms with Gasteiger partial charge in [0.15, 0.2) is 0 Å². The largest absolute Gasteiger partial charge is 0.392 e. The number of anilines is 1. The van der Waals surface area contributed by atoms with E-state index in [1.54, 1.807) is 24.3 Å². The number of aromatic nitrogens is 2. The van der Waals surface area contributed by atoms with E-state index in [1.165, 1.54) is 0 Å². The van der Waals surface area contributed by atoms with Crippen molar-refractivity contribution in [3.8, 4) is 0 Å². The summed E-state index contributed by atoms with van der Waals surface area (Å²) in [6.07, 6.45) is 5.27. The predicted molar refractivity (Wildman–Crippen MR) is 62.4 cm³/mol. The highest BCUT2D eigenvalue weighted by atomic mass is 16.3. The Morgan fingerprint density at radius 2 is 2.18 bits per heavy atom. The molecule has 1 heterocycles. The number of rotatable bonds is 5. The Kier molecular flexibility index (Phi) is 3.53. The van der Waals surface area contributed by atoms with Gasteiger partial charge >= 0.3 is 0 Å². The van der Waals surface area contributed by atoms with E-state index in [1.807, 2.05) is 0 Å². The zero-order chi connectivity index (χ0) is 12.3. The maximum atomic E-state index is 11.6. The fourth-order valence-corrected chi connectivity index (χ4v) is 1.41. The Bertz CT molecular complexity index is 389. The lowest BCUT2D eigenvalue weighted by Gasteiger charge is -2.16. The van der Waals surface area contributed by atoms with Crippen LogP contribution in [0.1, 0.15) is 18.4 Å². The zero-order valence-corrected chi connectivity index (χ0v) is 9.76. The van der Waals surface area contributed by atoms with Gasteiger partial charge in [-0.25, -0.2) is 9.97 Å². The van der Waals surface area contributed by atoms with Gasteiger partial charge in [0.2, 0.25) is 11.9 Å². The molecule has 1 aromatic rings. The molecule has 1 aliphatic rings. The van der Waals surface area contributed by atoms with E-state index in [0.717, 1.165) is 12.8 Å². The summed E-state index contributed by atoms with van der Waals surface area (Å²) in [4.78, 5) is 21.4. The summed E-state index contributed by atoms with van der Waals surface area (Å²) < 4.78 is 0. The van der Waals surface area contributed by atoms with Crippen molar-refractivity contribution in [3.63, 3.8) is 0 Å². The van der Waals surface area contributed by atoms with Crippen molar-refractivity contribution >= 4 is 11.9 Å². The molecule has 0 radical (unpaired) electrons. The van der Waals surface area contributed by atoms with Crippen LogP contribution in [0.15, 0.2) is 12.4 Å². The SMILES string of the molecule is CN(CC(=O)NC1CC1)c1ncc(CO)cn1. The molecule has 1 fully saturated rings. The van der Waals surface area contributed by atoms with Gasteiger partial charge < -0.3 is 15.3 Å². The van der Waals surface area contributed by atoms with Gasteiger partial charge in [-0.1, -0.05) is 0 Å². The van der Waals surface area contributed by atoms with E-state index in [-0.39, 0.29) is 19.1 Å².